The highest BCUT2D eigenvalue weighted by molar-refractivity contribution is 5.72. The third-order valence-electron chi connectivity index (χ3n) is 4.28. The Kier molecular flexibility index (Phi) is 6.21. The quantitative estimate of drug-likeness (QED) is 0.782. The molecule has 1 N–H and O–H groups in total. The Bertz CT molecular complexity index is 455. The van der Waals surface area contributed by atoms with Gasteiger partial charge in [-0.15, -0.1) is 0 Å². The minimum absolute atomic E-state index is 0.176. The van der Waals surface area contributed by atoms with Crippen molar-refractivity contribution in [1.82, 2.24) is 4.90 Å². The lowest BCUT2D eigenvalue weighted by atomic mass is 10.0. The van der Waals surface area contributed by atoms with Crippen LogP contribution in [0.5, 0.6) is 0 Å². The van der Waals surface area contributed by atoms with Crippen molar-refractivity contribution in [2.45, 2.75) is 44.7 Å². The van der Waals surface area contributed by atoms with Crippen LogP contribution in [0.3, 0.4) is 0 Å². The first kappa shape index (κ1) is 16.0. The smallest absolute Gasteiger partial charge is 0.309 e. The maximum atomic E-state index is 11.5. The Hall–Kier alpha value is -1.39. The van der Waals surface area contributed by atoms with Crippen molar-refractivity contribution in [1.29, 1.82) is 0 Å². The number of hydrogen-bond donors (Lipinski definition) is 1. The normalized spacial score (nSPS) is 15.6. The van der Waals surface area contributed by atoms with E-state index >= 15 is 0 Å². The summed E-state index contributed by atoms with van der Waals surface area (Å²) in [4.78, 5) is 13.9. The molecule has 0 aliphatic heterocycles. The molecule has 4 nitrogen and oxygen atoms in total. The summed E-state index contributed by atoms with van der Waals surface area (Å²) < 4.78 is 4.77. The average Bonchev–Trinajstić information content (AvgIpc) is 3.02. The summed E-state index contributed by atoms with van der Waals surface area (Å²) in [7, 11) is 1.42. The van der Waals surface area contributed by atoms with E-state index in [1.165, 1.54) is 32.8 Å². The van der Waals surface area contributed by atoms with Gasteiger partial charge < -0.3 is 9.84 Å². The fourth-order valence-corrected chi connectivity index (χ4v) is 3.12. The van der Waals surface area contributed by atoms with E-state index < -0.39 is 0 Å². The number of rotatable bonds is 7. The molecule has 0 saturated heterocycles. The largest absolute Gasteiger partial charge is 0.469 e. The van der Waals surface area contributed by atoms with Gasteiger partial charge in [0.05, 0.1) is 20.1 Å². The van der Waals surface area contributed by atoms with Crippen LogP contribution in [-0.2, 0) is 22.5 Å². The number of ether oxygens (including phenoxy) is 1. The number of hydrogen-bond acceptors (Lipinski definition) is 4. The lowest BCUT2D eigenvalue weighted by Gasteiger charge is -2.29. The van der Waals surface area contributed by atoms with Gasteiger partial charge >= 0.3 is 5.97 Å². The van der Waals surface area contributed by atoms with E-state index in [1.807, 2.05) is 18.2 Å². The highest BCUT2D eigenvalue weighted by atomic mass is 16.5. The monoisotopic (exact) mass is 291 g/mol. The Labute approximate surface area is 126 Å². The lowest BCUT2D eigenvalue weighted by molar-refractivity contribution is -0.139. The number of esters is 1. The number of nitrogens with zero attached hydrogens (tertiary/aromatic N) is 1. The van der Waals surface area contributed by atoms with Crippen molar-refractivity contribution in [3.05, 3.63) is 35.4 Å². The van der Waals surface area contributed by atoms with Gasteiger partial charge in [0.15, 0.2) is 0 Å². The van der Waals surface area contributed by atoms with Crippen LogP contribution in [0, 0.1) is 0 Å². The lowest BCUT2D eigenvalue weighted by Crippen LogP contribution is -2.35. The molecule has 1 aromatic carbocycles. The maximum Gasteiger partial charge on any atom is 0.309 e. The van der Waals surface area contributed by atoms with Gasteiger partial charge in [0.1, 0.15) is 0 Å². The number of methoxy groups -OCH3 is 1. The molecule has 0 bridgehead atoms. The van der Waals surface area contributed by atoms with Crippen molar-refractivity contribution in [2.24, 2.45) is 0 Å². The summed E-state index contributed by atoms with van der Waals surface area (Å²) in [5.41, 5.74) is 2.17. The Morgan fingerprint density at radius 3 is 2.57 bits per heavy atom. The zero-order valence-electron chi connectivity index (χ0n) is 12.8. The average molecular weight is 291 g/mol. The van der Waals surface area contributed by atoms with Crippen molar-refractivity contribution in [2.75, 3.05) is 20.3 Å². The molecule has 0 aromatic heterocycles. The van der Waals surface area contributed by atoms with Crippen molar-refractivity contribution >= 4 is 5.97 Å². The van der Waals surface area contributed by atoms with Crippen LogP contribution in [-0.4, -0.2) is 42.3 Å². The molecule has 1 fully saturated rings. The van der Waals surface area contributed by atoms with E-state index in [-0.39, 0.29) is 12.6 Å². The molecule has 21 heavy (non-hydrogen) atoms. The molecule has 0 heterocycles. The predicted octanol–water partition coefficient (Wildman–Crippen LogP) is 2.14. The molecular formula is C17H25NO3. The van der Waals surface area contributed by atoms with Crippen molar-refractivity contribution in [3.8, 4) is 0 Å². The summed E-state index contributed by atoms with van der Waals surface area (Å²) in [6.45, 7) is 1.66. The van der Waals surface area contributed by atoms with Gasteiger partial charge in [-0.1, -0.05) is 37.1 Å². The Morgan fingerprint density at radius 2 is 1.95 bits per heavy atom. The third-order valence-corrected chi connectivity index (χ3v) is 4.28. The number of carbonyl (C=O) groups excluding carboxylic acids is 1. The first-order chi connectivity index (χ1) is 10.2. The fraction of sp³-hybridized carbons (Fsp3) is 0.588. The van der Waals surface area contributed by atoms with Gasteiger partial charge in [0.25, 0.3) is 0 Å². The molecule has 1 aliphatic carbocycles. The van der Waals surface area contributed by atoms with Crippen LogP contribution in [0.2, 0.25) is 0 Å². The van der Waals surface area contributed by atoms with Gasteiger partial charge in [-0.05, 0) is 24.0 Å². The number of benzene rings is 1. The minimum Gasteiger partial charge on any atom is -0.469 e. The molecule has 0 spiro atoms. The Balaban J connectivity index is 2.10. The molecule has 0 atom stereocenters. The summed E-state index contributed by atoms with van der Waals surface area (Å²) >= 11 is 0. The molecule has 116 valence electrons. The summed E-state index contributed by atoms with van der Waals surface area (Å²) in [5, 5.41) is 9.31. The van der Waals surface area contributed by atoms with Crippen LogP contribution in [0.25, 0.3) is 0 Å². The van der Waals surface area contributed by atoms with Crippen LogP contribution >= 0.6 is 0 Å². The van der Waals surface area contributed by atoms with E-state index in [9.17, 15) is 9.90 Å². The van der Waals surface area contributed by atoms with E-state index in [0.717, 1.165) is 17.7 Å². The van der Waals surface area contributed by atoms with E-state index in [4.69, 9.17) is 4.74 Å². The SMILES string of the molecule is COC(=O)Cc1ccccc1CN(CCO)C1CCCC1. The molecule has 0 amide bonds. The molecular weight excluding hydrogens is 266 g/mol. The predicted molar refractivity (Wildman–Crippen MR) is 81.9 cm³/mol. The second-order valence-electron chi connectivity index (χ2n) is 5.65. The number of aliphatic hydroxyl groups is 1. The van der Waals surface area contributed by atoms with E-state index in [0.29, 0.717) is 19.0 Å². The van der Waals surface area contributed by atoms with Gasteiger partial charge in [-0.3, -0.25) is 9.69 Å². The Morgan fingerprint density at radius 1 is 1.29 bits per heavy atom. The second-order valence-corrected chi connectivity index (χ2v) is 5.65. The molecule has 4 heteroatoms. The number of carbonyl (C=O) groups is 1. The van der Waals surface area contributed by atoms with Crippen LogP contribution in [0.1, 0.15) is 36.8 Å². The van der Waals surface area contributed by atoms with Gasteiger partial charge in [0.2, 0.25) is 0 Å². The highest BCUT2D eigenvalue weighted by Gasteiger charge is 2.23. The summed E-state index contributed by atoms with van der Waals surface area (Å²) in [6.07, 6.45) is 5.27. The molecule has 2 rings (SSSR count). The first-order valence-corrected chi connectivity index (χ1v) is 7.73. The fourth-order valence-electron chi connectivity index (χ4n) is 3.12. The van der Waals surface area contributed by atoms with E-state index in [2.05, 4.69) is 11.0 Å². The van der Waals surface area contributed by atoms with E-state index in [1.54, 1.807) is 0 Å². The minimum atomic E-state index is -0.211. The van der Waals surface area contributed by atoms with Crippen molar-refractivity contribution < 1.29 is 14.6 Å². The van der Waals surface area contributed by atoms with Gasteiger partial charge in [0, 0.05) is 19.1 Å². The topological polar surface area (TPSA) is 49.8 Å². The van der Waals surface area contributed by atoms with Crippen LogP contribution in [0.15, 0.2) is 24.3 Å². The summed E-state index contributed by atoms with van der Waals surface area (Å²) in [5.74, 6) is -0.211. The van der Waals surface area contributed by atoms with Gasteiger partial charge in [-0.2, -0.15) is 0 Å². The van der Waals surface area contributed by atoms with Gasteiger partial charge in [-0.25, -0.2) is 0 Å². The standard InChI is InChI=1S/C17H25NO3/c1-21-17(20)12-14-6-2-3-7-15(14)13-18(10-11-19)16-8-4-5-9-16/h2-3,6-7,16,19H,4-5,8-13H2,1H3. The molecule has 0 unspecified atom stereocenters. The molecule has 0 radical (unpaired) electrons. The number of aliphatic hydroxyl groups excluding tert-OH is 1. The zero-order chi connectivity index (χ0) is 15.1. The maximum absolute atomic E-state index is 11.5. The molecule has 1 aromatic rings. The molecule has 1 aliphatic rings. The van der Waals surface area contributed by atoms with Crippen LogP contribution < -0.4 is 0 Å². The first-order valence-electron chi connectivity index (χ1n) is 7.73. The van der Waals surface area contributed by atoms with Crippen LogP contribution in [0.4, 0.5) is 0 Å². The zero-order valence-corrected chi connectivity index (χ0v) is 12.8. The third kappa shape index (κ3) is 4.55. The highest BCUT2D eigenvalue weighted by Crippen LogP contribution is 2.25. The van der Waals surface area contributed by atoms with Crippen molar-refractivity contribution in [3.63, 3.8) is 0 Å². The molecule has 1 saturated carbocycles. The second kappa shape index (κ2) is 8.15. The summed E-state index contributed by atoms with van der Waals surface area (Å²) in [6, 6.07) is 8.56.